The van der Waals surface area contributed by atoms with Crippen LogP contribution in [0.25, 0.3) is 0 Å². The first-order valence-corrected chi connectivity index (χ1v) is 4.86. The lowest BCUT2D eigenvalue weighted by atomic mass is 9.99. The fraction of sp³-hybridized carbons (Fsp3) is 0.455. The zero-order valence-corrected chi connectivity index (χ0v) is 8.70. The molecule has 3 heteroatoms. The molecule has 1 rings (SSSR count). The topological polar surface area (TPSA) is 72.3 Å². The Morgan fingerprint density at radius 1 is 1.43 bits per heavy atom. The van der Waals surface area contributed by atoms with E-state index in [1.807, 2.05) is 26.0 Å². The van der Waals surface area contributed by atoms with Gasteiger partial charge in [-0.25, -0.2) is 0 Å². The summed E-state index contributed by atoms with van der Waals surface area (Å²) < 4.78 is 0. The number of nitrogens with two attached hydrogens (primary N) is 2. The van der Waals surface area contributed by atoms with Gasteiger partial charge in [-0.15, -0.1) is 0 Å². The molecule has 0 saturated carbocycles. The third-order valence-corrected chi connectivity index (χ3v) is 2.51. The Morgan fingerprint density at radius 2 is 2.07 bits per heavy atom. The average molecular weight is 194 g/mol. The molecule has 1 aromatic carbocycles. The molecular weight excluding hydrogens is 176 g/mol. The molecule has 3 nitrogen and oxygen atoms in total. The number of nitrogen functional groups attached to an aromatic ring is 1. The molecule has 78 valence electrons. The molecule has 0 unspecified atom stereocenters. The van der Waals surface area contributed by atoms with Gasteiger partial charge in [0.05, 0.1) is 6.10 Å². The minimum absolute atomic E-state index is 0.210. The number of hydrogen-bond acceptors (Lipinski definition) is 3. The number of benzene rings is 1. The van der Waals surface area contributed by atoms with Crippen molar-refractivity contribution in [2.45, 2.75) is 32.4 Å². The Hall–Kier alpha value is -1.06. The summed E-state index contributed by atoms with van der Waals surface area (Å²) in [6.45, 7) is 3.88. The highest BCUT2D eigenvalue weighted by molar-refractivity contribution is 5.48. The number of aliphatic hydroxyl groups excluding tert-OH is 1. The molecule has 0 heterocycles. The zero-order chi connectivity index (χ0) is 10.7. The van der Waals surface area contributed by atoms with Crippen LogP contribution >= 0.6 is 0 Å². The summed E-state index contributed by atoms with van der Waals surface area (Å²) in [7, 11) is 0. The molecule has 0 radical (unpaired) electrons. The largest absolute Gasteiger partial charge is 0.399 e. The number of hydrogen-bond donors (Lipinski definition) is 3. The number of anilines is 1. The molecular formula is C11H18N2O. The predicted molar refractivity (Wildman–Crippen MR) is 58.8 cm³/mol. The lowest BCUT2D eigenvalue weighted by Gasteiger charge is -2.18. The minimum Gasteiger partial charge on any atom is -0.399 e. The van der Waals surface area contributed by atoms with E-state index in [2.05, 4.69) is 0 Å². The second kappa shape index (κ2) is 4.44. The Balaban J connectivity index is 2.91. The summed E-state index contributed by atoms with van der Waals surface area (Å²) in [5.41, 5.74) is 14.0. The smallest absolute Gasteiger partial charge is 0.0940 e. The maximum Gasteiger partial charge on any atom is 0.0940 e. The third-order valence-electron chi connectivity index (χ3n) is 2.51. The number of aliphatic hydroxyl groups is 1. The first-order valence-electron chi connectivity index (χ1n) is 4.86. The number of aryl methyl sites for hydroxylation is 1. The second-order valence-electron chi connectivity index (χ2n) is 3.63. The van der Waals surface area contributed by atoms with Gasteiger partial charge in [-0.2, -0.15) is 0 Å². The first-order chi connectivity index (χ1) is 6.56. The highest BCUT2D eigenvalue weighted by Gasteiger charge is 2.15. The van der Waals surface area contributed by atoms with Crippen LogP contribution in [0.2, 0.25) is 0 Å². The van der Waals surface area contributed by atoms with Crippen LogP contribution in [-0.4, -0.2) is 11.1 Å². The summed E-state index contributed by atoms with van der Waals surface area (Å²) in [5.74, 6) is 0. The van der Waals surface area contributed by atoms with E-state index in [0.717, 1.165) is 23.2 Å². The van der Waals surface area contributed by atoms with Gasteiger partial charge in [0.1, 0.15) is 0 Å². The van der Waals surface area contributed by atoms with Crippen LogP contribution in [0.1, 0.15) is 30.6 Å². The molecule has 5 N–H and O–H groups in total. The minimum atomic E-state index is -0.598. The van der Waals surface area contributed by atoms with Crippen LogP contribution in [0.4, 0.5) is 5.69 Å². The summed E-state index contributed by atoms with van der Waals surface area (Å²) >= 11 is 0. The zero-order valence-electron chi connectivity index (χ0n) is 8.70. The molecule has 0 amide bonds. The van der Waals surface area contributed by atoms with Crippen molar-refractivity contribution in [3.63, 3.8) is 0 Å². The molecule has 0 spiro atoms. The molecule has 0 aromatic heterocycles. The van der Waals surface area contributed by atoms with Crippen molar-refractivity contribution >= 4 is 5.69 Å². The van der Waals surface area contributed by atoms with Crippen LogP contribution < -0.4 is 11.5 Å². The maximum absolute atomic E-state index is 9.84. The van der Waals surface area contributed by atoms with E-state index >= 15 is 0 Å². The van der Waals surface area contributed by atoms with Crippen molar-refractivity contribution < 1.29 is 5.11 Å². The average Bonchev–Trinajstić information content (AvgIpc) is 2.20. The maximum atomic E-state index is 9.84. The van der Waals surface area contributed by atoms with Crippen molar-refractivity contribution in [1.29, 1.82) is 0 Å². The molecule has 0 saturated heterocycles. The van der Waals surface area contributed by atoms with Gasteiger partial charge in [-0.1, -0.05) is 19.1 Å². The summed E-state index contributed by atoms with van der Waals surface area (Å²) in [6, 6.07) is 5.30. The van der Waals surface area contributed by atoms with Gasteiger partial charge < -0.3 is 16.6 Å². The van der Waals surface area contributed by atoms with Gasteiger partial charge in [0.2, 0.25) is 0 Å². The lowest BCUT2D eigenvalue weighted by Crippen LogP contribution is -2.27. The van der Waals surface area contributed by atoms with Gasteiger partial charge >= 0.3 is 0 Å². The summed E-state index contributed by atoms with van der Waals surface area (Å²) in [5, 5.41) is 9.84. The normalized spacial score (nSPS) is 15.1. The third kappa shape index (κ3) is 2.25. The Bertz CT molecular complexity index is 312. The standard InChI is InChI=1S/C11H18N2O/c1-3-9(12)11(14)8-4-5-10(13)7(2)6-8/h4-6,9,11,14H,3,12-13H2,1-2H3/t9-,11+/m0/s1. The lowest BCUT2D eigenvalue weighted by molar-refractivity contribution is 0.144. The molecule has 1 aromatic rings. The van der Waals surface area contributed by atoms with E-state index < -0.39 is 6.10 Å². The van der Waals surface area contributed by atoms with Gasteiger partial charge in [-0.3, -0.25) is 0 Å². The van der Waals surface area contributed by atoms with E-state index in [1.54, 1.807) is 6.07 Å². The van der Waals surface area contributed by atoms with Crippen molar-refractivity contribution in [3.05, 3.63) is 29.3 Å². The Kier molecular flexibility index (Phi) is 3.49. The molecule has 0 aliphatic heterocycles. The molecule has 0 aliphatic rings. The van der Waals surface area contributed by atoms with E-state index in [0.29, 0.717) is 0 Å². The van der Waals surface area contributed by atoms with E-state index in [1.165, 1.54) is 0 Å². The summed E-state index contributed by atoms with van der Waals surface area (Å²) in [4.78, 5) is 0. The Morgan fingerprint density at radius 3 is 2.57 bits per heavy atom. The van der Waals surface area contributed by atoms with Crippen molar-refractivity contribution in [1.82, 2.24) is 0 Å². The molecule has 2 atom stereocenters. The number of rotatable bonds is 3. The van der Waals surface area contributed by atoms with E-state index in [4.69, 9.17) is 11.5 Å². The van der Waals surface area contributed by atoms with Crippen LogP contribution in [0.3, 0.4) is 0 Å². The van der Waals surface area contributed by atoms with Gasteiger partial charge in [-0.05, 0) is 30.5 Å². The monoisotopic (exact) mass is 194 g/mol. The van der Waals surface area contributed by atoms with Gasteiger partial charge in [0, 0.05) is 11.7 Å². The SMILES string of the molecule is CC[C@H](N)[C@H](O)c1ccc(N)c(C)c1. The Labute approximate surface area is 84.7 Å². The van der Waals surface area contributed by atoms with Gasteiger partial charge in [0.25, 0.3) is 0 Å². The first kappa shape index (κ1) is 11.0. The van der Waals surface area contributed by atoms with Crippen molar-refractivity contribution in [3.8, 4) is 0 Å². The fourth-order valence-electron chi connectivity index (χ4n) is 1.35. The second-order valence-corrected chi connectivity index (χ2v) is 3.63. The highest BCUT2D eigenvalue weighted by atomic mass is 16.3. The van der Waals surface area contributed by atoms with Gasteiger partial charge in [0.15, 0.2) is 0 Å². The van der Waals surface area contributed by atoms with Crippen LogP contribution in [0.5, 0.6) is 0 Å². The molecule has 0 aliphatic carbocycles. The van der Waals surface area contributed by atoms with E-state index in [-0.39, 0.29) is 6.04 Å². The molecule has 0 bridgehead atoms. The van der Waals surface area contributed by atoms with Crippen LogP contribution in [0.15, 0.2) is 18.2 Å². The van der Waals surface area contributed by atoms with Crippen LogP contribution in [0, 0.1) is 6.92 Å². The summed E-state index contributed by atoms with van der Waals surface area (Å²) in [6.07, 6.45) is 0.157. The quantitative estimate of drug-likeness (QED) is 0.636. The predicted octanol–water partition coefficient (Wildman–Crippen LogP) is 1.35. The van der Waals surface area contributed by atoms with Crippen LogP contribution in [-0.2, 0) is 0 Å². The molecule has 14 heavy (non-hydrogen) atoms. The fourth-order valence-corrected chi connectivity index (χ4v) is 1.35. The van der Waals surface area contributed by atoms with E-state index in [9.17, 15) is 5.11 Å². The molecule has 0 fully saturated rings. The highest BCUT2D eigenvalue weighted by Crippen LogP contribution is 2.21. The van der Waals surface area contributed by atoms with Crippen molar-refractivity contribution in [2.75, 3.05) is 5.73 Å². The van der Waals surface area contributed by atoms with Crippen molar-refractivity contribution in [2.24, 2.45) is 5.73 Å².